The summed E-state index contributed by atoms with van der Waals surface area (Å²) in [7, 11) is 0. The van der Waals surface area contributed by atoms with Crippen LogP contribution in [0, 0.1) is 23.1 Å². The molecule has 0 aliphatic heterocycles. The molecule has 84 valence electrons. The van der Waals surface area contributed by atoms with Gasteiger partial charge in [-0.2, -0.15) is 5.26 Å². The van der Waals surface area contributed by atoms with E-state index in [0.29, 0.717) is 0 Å². The summed E-state index contributed by atoms with van der Waals surface area (Å²) in [6, 6.07) is 5.56. The van der Waals surface area contributed by atoms with Crippen molar-refractivity contribution >= 4 is 11.6 Å². The molecule has 1 amide bonds. The number of carbonyl (C=O) groups excluding carboxylic acids is 1. The molecule has 1 rings (SSSR count). The van der Waals surface area contributed by atoms with Gasteiger partial charge >= 0.3 is 0 Å². The molecule has 1 unspecified atom stereocenters. The van der Waals surface area contributed by atoms with E-state index in [-0.39, 0.29) is 23.7 Å². The molecule has 4 nitrogen and oxygen atoms in total. The number of nitrogens with zero attached hydrogens (tertiary/aromatic N) is 1. The summed E-state index contributed by atoms with van der Waals surface area (Å²) in [6.45, 7) is 1.93. The van der Waals surface area contributed by atoms with Crippen molar-refractivity contribution in [1.82, 2.24) is 5.32 Å². The second-order valence-electron chi connectivity index (χ2n) is 3.47. The first-order valence-corrected chi connectivity index (χ1v) is 4.77. The predicted molar refractivity (Wildman–Crippen MR) is 57.9 cm³/mol. The molecule has 0 aromatic heterocycles. The van der Waals surface area contributed by atoms with E-state index in [0.717, 1.165) is 6.07 Å². The van der Waals surface area contributed by atoms with Gasteiger partial charge in [-0.3, -0.25) is 4.79 Å². The maximum atomic E-state index is 12.7. The van der Waals surface area contributed by atoms with Gasteiger partial charge in [-0.1, -0.05) is 0 Å². The van der Waals surface area contributed by atoms with Crippen molar-refractivity contribution in [2.45, 2.75) is 6.92 Å². The zero-order chi connectivity index (χ0) is 12.1. The van der Waals surface area contributed by atoms with Gasteiger partial charge < -0.3 is 11.1 Å². The SMILES string of the molecule is CC(C#N)CNC(=O)c1ccc(F)cc1N. The topological polar surface area (TPSA) is 78.9 Å². The standard InChI is InChI=1S/C11H12FN3O/c1-7(5-13)6-15-11(16)9-3-2-8(12)4-10(9)14/h2-4,7H,6,14H2,1H3,(H,15,16). The minimum atomic E-state index is -0.487. The number of benzene rings is 1. The van der Waals surface area contributed by atoms with Crippen LogP contribution in [0.4, 0.5) is 10.1 Å². The molecule has 1 atom stereocenters. The lowest BCUT2D eigenvalue weighted by Crippen LogP contribution is -2.28. The Morgan fingerprint density at radius 3 is 2.94 bits per heavy atom. The molecule has 0 saturated heterocycles. The molecule has 0 fully saturated rings. The van der Waals surface area contributed by atoms with Crippen LogP contribution in [-0.2, 0) is 0 Å². The summed E-state index contributed by atoms with van der Waals surface area (Å²) in [5.74, 6) is -1.16. The molecular weight excluding hydrogens is 209 g/mol. The minimum absolute atomic E-state index is 0.0853. The van der Waals surface area contributed by atoms with Gasteiger partial charge in [0.2, 0.25) is 0 Å². The molecule has 0 saturated carbocycles. The van der Waals surface area contributed by atoms with Gasteiger partial charge in [0.1, 0.15) is 5.82 Å². The number of nitrogen functional groups attached to an aromatic ring is 1. The van der Waals surface area contributed by atoms with Gasteiger partial charge in [-0.05, 0) is 25.1 Å². The van der Waals surface area contributed by atoms with Crippen LogP contribution in [0.1, 0.15) is 17.3 Å². The Morgan fingerprint density at radius 1 is 1.69 bits per heavy atom. The largest absolute Gasteiger partial charge is 0.398 e. The van der Waals surface area contributed by atoms with E-state index in [4.69, 9.17) is 11.0 Å². The highest BCUT2D eigenvalue weighted by Gasteiger charge is 2.10. The molecule has 16 heavy (non-hydrogen) atoms. The number of halogens is 1. The van der Waals surface area contributed by atoms with Crippen molar-refractivity contribution in [2.24, 2.45) is 5.92 Å². The average Bonchev–Trinajstić information content (AvgIpc) is 2.25. The quantitative estimate of drug-likeness (QED) is 0.755. The third kappa shape index (κ3) is 2.95. The van der Waals surface area contributed by atoms with Crippen LogP contribution in [0.15, 0.2) is 18.2 Å². The molecule has 1 aromatic carbocycles. The van der Waals surface area contributed by atoms with Gasteiger partial charge in [-0.25, -0.2) is 4.39 Å². The van der Waals surface area contributed by atoms with Crippen molar-refractivity contribution in [3.8, 4) is 6.07 Å². The van der Waals surface area contributed by atoms with E-state index in [1.54, 1.807) is 6.92 Å². The number of nitrogens with two attached hydrogens (primary N) is 1. The molecule has 3 N–H and O–H groups in total. The summed E-state index contributed by atoms with van der Waals surface area (Å²) in [5, 5.41) is 11.1. The highest BCUT2D eigenvalue weighted by atomic mass is 19.1. The number of anilines is 1. The van der Waals surface area contributed by atoms with E-state index >= 15 is 0 Å². The Balaban J connectivity index is 2.71. The van der Waals surface area contributed by atoms with Crippen molar-refractivity contribution in [3.63, 3.8) is 0 Å². The summed E-state index contributed by atoms with van der Waals surface area (Å²) >= 11 is 0. The van der Waals surface area contributed by atoms with Crippen molar-refractivity contribution in [2.75, 3.05) is 12.3 Å². The fourth-order valence-corrected chi connectivity index (χ4v) is 1.13. The third-order valence-corrected chi connectivity index (χ3v) is 2.05. The Labute approximate surface area is 92.9 Å². The highest BCUT2D eigenvalue weighted by molar-refractivity contribution is 5.99. The maximum absolute atomic E-state index is 12.7. The second kappa shape index (κ2) is 5.12. The molecule has 5 heteroatoms. The van der Waals surface area contributed by atoms with Crippen molar-refractivity contribution < 1.29 is 9.18 Å². The monoisotopic (exact) mass is 221 g/mol. The van der Waals surface area contributed by atoms with Gasteiger partial charge in [0.25, 0.3) is 5.91 Å². The number of nitrogens with one attached hydrogen (secondary N) is 1. The number of hydrogen-bond donors (Lipinski definition) is 2. The summed E-state index contributed by atoms with van der Waals surface area (Å²) in [6.07, 6.45) is 0. The number of rotatable bonds is 3. The molecule has 0 aliphatic rings. The number of amides is 1. The summed E-state index contributed by atoms with van der Waals surface area (Å²) in [5.41, 5.74) is 5.80. The first-order chi connectivity index (χ1) is 7.54. The minimum Gasteiger partial charge on any atom is -0.398 e. The molecule has 1 aromatic rings. The molecule has 0 radical (unpaired) electrons. The normalized spacial score (nSPS) is 11.6. The second-order valence-corrected chi connectivity index (χ2v) is 3.47. The number of carbonyl (C=O) groups is 1. The van der Waals surface area contributed by atoms with Crippen LogP contribution in [0.5, 0.6) is 0 Å². The van der Waals surface area contributed by atoms with Gasteiger partial charge in [0.15, 0.2) is 0 Å². The Bertz CT molecular complexity index is 439. The zero-order valence-corrected chi connectivity index (χ0v) is 8.83. The predicted octanol–water partition coefficient (Wildman–Crippen LogP) is 1.30. The number of hydrogen-bond acceptors (Lipinski definition) is 3. The van der Waals surface area contributed by atoms with Crippen LogP contribution in [0.25, 0.3) is 0 Å². The molecule has 0 spiro atoms. The number of nitriles is 1. The first-order valence-electron chi connectivity index (χ1n) is 4.77. The Morgan fingerprint density at radius 2 is 2.38 bits per heavy atom. The van der Waals surface area contributed by atoms with Gasteiger partial charge in [0.05, 0.1) is 17.6 Å². The van der Waals surface area contributed by atoms with Gasteiger partial charge in [-0.15, -0.1) is 0 Å². The fraction of sp³-hybridized carbons (Fsp3) is 0.273. The molecule has 0 heterocycles. The maximum Gasteiger partial charge on any atom is 0.253 e. The van der Waals surface area contributed by atoms with Crippen molar-refractivity contribution in [3.05, 3.63) is 29.6 Å². The Kier molecular flexibility index (Phi) is 3.84. The lowest BCUT2D eigenvalue weighted by molar-refractivity contribution is 0.0951. The van der Waals surface area contributed by atoms with Crippen molar-refractivity contribution in [1.29, 1.82) is 5.26 Å². The van der Waals surface area contributed by atoms with Crippen LogP contribution in [0.2, 0.25) is 0 Å². The summed E-state index contributed by atoms with van der Waals surface area (Å²) in [4.78, 5) is 11.6. The van der Waals surface area contributed by atoms with E-state index < -0.39 is 11.7 Å². The first kappa shape index (κ1) is 12.0. The highest BCUT2D eigenvalue weighted by Crippen LogP contribution is 2.13. The third-order valence-electron chi connectivity index (χ3n) is 2.05. The van der Waals surface area contributed by atoms with Crippen LogP contribution in [-0.4, -0.2) is 12.5 Å². The smallest absolute Gasteiger partial charge is 0.253 e. The van der Waals surface area contributed by atoms with Crippen LogP contribution >= 0.6 is 0 Å². The van der Waals surface area contributed by atoms with E-state index in [1.807, 2.05) is 6.07 Å². The molecular formula is C11H12FN3O. The fourth-order valence-electron chi connectivity index (χ4n) is 1.13. The van der Waals surface area contributed by atoms with E-state index in [1.165, 1.54) is 12.1 Å². The molecule has 0 bridgehead atoms. The van der Waals surface area contributed by atoms with E-state index in [9.17, 15) is 9.18 Å². The van der Waals surface area contributed by atoms with Crippen LogP contribution in [0.3, 0.4) is 0 Å². The lowest BCUT2D eigenvalue weighted by atomic mass is 10.1. The van der Waals surface area contributed by atoms with Crippen LogP contribution < -0.4 is 11.1 Å². The van der Waals surface area contributed by atoms with E-state index in [2.05, 4.69) is 5.32 Å². The molecule has 0 aliphatic carbocycles. The lowest BCUT2D eigenvalue weighted by Gasteiger charge is -2.08. The summed E-state index contributed by atoms with van der Waals surface area (Å²) < 4.78 is 12.7. The Hall–Kier alpha value is -2.09. The zero-order valence-electron chi connectivity index (χ0n) is 8.83. The average molecular weight is 221 g/mol. The van der Waals surface area contributed by atoms with Gasteiger partial charge in [0, 0.05) is 12.2 Å².